The molecule has 5 saturated carbocycles. The van der Waals surface area contributed by atoms with E-state index in [-0.39, 0.29) is 11.9 Å². The Morgan fingerprint density at radius 3 is 2.53 bits per heavy atom. The van der Waals surface area contributed by atoms with Gasteiger partial charge >= 0.3 is 0 Å². The minimum atomic E-state index is 0.234. The predicted molar refractivity (Wildman–Crippen MR) is 128 cm³/mol. The summed E-state index contributed by atoms with van der Waals surface area (Å²) < 4.78 is 0. The van der Waals surface area contributed by atoms with Crippen LogP contribution in [0.4, 0.5) is 0 Å². The quantitative estimate of drug-likeness (QED) is 0.269. The van der Waals surface area contributed by atoms with Gasteiger partial charge in [-0.25, -0.2) is 0 Å². The first-order valence-electron chi connectivity index (χ1n) is 13.7. The molecule has 1 amide bonds. The van der Waals surface area contributed by atoms with Crippen LogP contribution in [0.25, 0.3) is 10.4 Å². The van der Waals surface area contributed by atoms with Gasteiger partial charge in [0.15, 0.2) is 0 Å². The van der Waals surface area contributed by atoms with Gasteiger partial charge in [0.05, 0.1) is 0 Å². The number of nitrogens with one attached hydrogen (secondary N) is 1. The zero-order valence-electron chi connectivity index (χ0n) is 20.6. The highest BCUT2D eigenvalue weighted by Crippen LogP contribution is 2.68. The lowest BCUT2D eigenvalue weighted by Crippen LogP contribution is -2.54. The molecule has 9 atom stereocenters. The molecule has 0 bridgehead atoms. The largest absolute Gasteiger partial charge is 0.353 e. The number of carbonyl (C=O) groups is 1. The highest BCUT2D eigenvalue weighted by molar-refractivity contribution is 5.76. The molecule has 0 saturated heterocycles. The van der Waals surface area contributed by atoms with Crippen molar-refractivity contribution in [2.24, 2.45) is 51.5 Å². The topological polar surface area (TPSA) is 77.9 Å². The van der Waals surface area contributed by atoms with E-state index in [9.17, 15) is 4.79 Å². The summed E-state index contributed by atoms with van der Waals surface area (Å²) in [6, 6.07) is 0.719. The van der Waals surface area contributed by atoms with E-state index in [4.69, 9.17) is 5.53 Å². The van der Waals surface area contributed by atoms with E-state index in [0.29, 0.717) is 29.2 Å². The highest BCUT2D eigenvalue weighted by atomic mass is 16.1. The lowest BCUT2D eigenvalue weighted by Gasteiger charge is -2.61. The lowest BCUT2D eigenvalue weighted by molar-refractivity contribution is -0.122. The Balaban J connectivity index is 1.24. The van der Waals surface area contributed by atoms with Crippen LogP contribution in [0.2, 0.25) is 0 Å². The van der Waals surface area contributed by atoms with Gasteiger partial charge in [-0.1, -0.05) is 25.9 Å². The fourth-order valence-electron chi connectivity index (χ4n) is 9.48. The van der Waals surface area contributed by atoms with Crippen molar-refractivity contribution in [3.8, 4) is 0 Å². The van der Waals surface area contributed by atoms with E-state index in [0.717, 1.165) is 48.9 Å². The van der Waals surface area contributed by atoms with E-state index >= 15 is 0 Å². The number of carbonyl (C=O) groups excluding carboxylic acids is 1. The SMILES string of the molecule is C[C@H](CCC(=O)NC1CC1)[C@H]1CC[C@H]2[C@@H]3CC[C@@H]4C[C@@H](N=[N+]=[N-])CC[C@]4(C)[C@H]3CC[C@]12C. The van der Waals surface area contributed by atoms with Crippen LogP contribution in [0, 0.1) is 46.3 Å². The summed E-state index contributed by atoms with van der Waals surface area (Å²) >= 11 is 0. The van der Waals surface area contributed by atoms with Crippen molar-refractivity contribution in [2.45, 2.75) is 116 Å². The standard InChI is InChI=1S/C27H44N4O/c1-17(4-11-25(32)29-19-6-7-19)22-9-10-23-21-8-5-18-16-20(30-31-28)12-14-26(18,2)24(21)13-15-27(22,23)3/h17-24H,4-16H2,1-3H3,(H,29,32)/t17-,18-,20+,21+,22-,23+,24+,26+,27-/m1/s1. The molecule has 32 heavy (non-hydrogen) atoms. The molecule has 0 aliphatic heterocycles. The van der Waals surface area contributed by atoms with Crippen molar-refractivity contribution in [1.82, 2.24) is 5.32 Å². The van der Waals surface area contributed by atoms with Crippen LogP contribution in [-0.2, 0) is 4.79 Å². The number of rotatable bonds is 6. The summed E-state index contributed by atoms with van der Waals surface area (Å²) in [6.07, 6.45) is 15.9. The number of hydrogen-bond donors (Lipinski definition) is 1. The van der Waals surface area contributed by atoms with Crippen molar-refractivity contribution in [3.05, 3.63) is 10.4 Å². The molecule has 5 heteroatoms. The van der Waals surface area contributed by atoms with Crippen molar-refractivity contribution in [3.63, 3.8) is 0 Å². The highest BCUT2D eigenvalue weighted by Gasteiger charge is 2.60. The Morgan fingerprint density at radius 2 is 1.78 bits per heavy atom. The monoisotopic (exact) mass is 440 g/mol. The number of azide groups is 1. The molecular weight excluding hydrogens is 396 g/mol. The number of amides is 1. The van der Waals surface area contributed by atoms with Crippen LogP contribution in [-0.4, -0.2) is 18.0 Å². The van der Waals surface area contributed by atoms with Crippen LogP contribution in [0.3, 0.4) is 0 Å². The molecule has 1 N–H and O–H groups in total. The summed E-state index contributed by atoms with van der Waals surface area (Å²) in [7, 11) is 0. The van der Waals surface area contributed by atoms with E-state index in [1.807, 2.05) is 0 Å². The number of nitrogens with zero attached hydrogens (tertiary/aromatic N) is 3. The number of hydrogen-bond acceptors (Lipinski definition) is 2. The summed E-state index contributed by atoms with van der Waals surface area (Å²) in [5.41, 5.74) is 9.84. The average Bonchev–Trinajstić information content (AvgIpc) is 3.50. The molecule has 0 aromatic heterocycles. The van der Waals surface area contributed by atoms with Gasteiger partial charge in [0.1, 0.15) is 0 Å². The van der Waals surface area contributed by atoms with Gasteiger partial charge in [-0.2, -0.15) is 0 Å². The van der Waals surface area contributed by atoms with Gasteiger partial charge in [0.2, 0.25) is 5.91 Å². The van der Waals surface area contributed by atoms with Crippen LogP contribution in [0.1, 0.15) is 104 Å². The van der Waals surface area contributed by atoms with Crippen LogP contribution in [0.5, 0.6) is 0 Å². The third kappa shape index (κ3) is 3.87. The summed E-state index contributed by atoms with van der Waals surface area (Å²) in [6.45, 7) is 7.65. The van der Waals surface area contributed by atoms with Crippen molar-refractivity contribution in [2.75, 3.05) is 0 Å². The minimum absolute atomic E-state index is 0.234. The number of fused-ring (bicyclic) bond motifs is 5. The molecule has 5 fully saturated rings. The molecule has 0 aromatic rings. The fourth-order valence-corrected chi connectivity index (χ4v) is 9.48. The maximum absolute atomic E-state index is 12.3. The van der Waals surface area contributed by atoms with Gasteiger partial charge in [-0.15, -0.1) is 0 Å². The Hall–Kier alpha value is -1.22. The van der Waals surface area contributed by atoms with Gasteiger partial charge in [-0.3, -0.25) is 4.79 Å². The molecule has 178 valence electrons. The van der Waals surface area contributed by atoms with Crippen molar-refractivity contribution < 1.29 is 4.79 Å². The Kier molecular flexibility index (Phi) is 6.01. The maximum Gasteiger partial charge on any atom is 0.220 e. The Bertz CT molecular complexity index is 774. The fraction of sp³-hybridized carbons (Fsp3) is 0.963. The van der Waals surface area contributed by atoms with Crippen LogP contribution < -0.4 is 5.32 Å². The van der Waals surface area contributed by atoms with Gasteiger partial charge < -0.3 is 5.32 Å². The molecule has 0 heterocycles. The third-order valence-electron chi connectivity index (χ3n) is 11.4. The Morgan fingerprint density at radius 1 is 1.03 bits per heavy atom. The summed E-state index contributed by atoms with van der Waals surface area (Å²) in [5.74, 6) is 5.10. The second-order valence-electron chi connectivity index (χ2n) is 12.9. The van der Waals surface area contributed by atoms with Crippen LogP contribution >= 0.6 is 0 Å². The Labute approximate surface area is 194 Å². The summed E-state index contributed by atoms with van der Waals surface area (Å²) in [5, 5.41) is 7.28. The second kappa shape index (κ2) is 8.53. The zero-order chi connectivity index (χ0) is 22.5. The van der Waals surface area contributed by atoms with Crippen molar-refractivity contribution >= 4 is 5.91 Å². The molecular formula is C27H44N4O. The molecule has 0 aromatic carbocycles. The molecule has 5 nitrogen and oxygen atoms in total. The first kappa shape index (κ1) is 22.6. The molecule has 5 rings (SSSR count). The molecule has 0 spiro atoms. The smallest absolute Gasteiger partial charge is 0.220 e. The molecule has 0 unspecified atom stereocenters. The van der Waals surface area contributed by atoms with Gasteiger partial charge in [-0.05, 0) is 129 Å². The second-order valence-corrected chi connectivity index (χ2v) is 12.9. The van der Waals surface area contributed by atoms with E-state index in [2.05, 4.69) is 36.1 Å². The molecule has 5 aliphatic rings. The van der Waals surface area contributed by atoms with Gasteiger partial charge in [0, 0.05) is 23.4 Å². The van der Waals surface area contributed by atoms with Crippen molar-refractivity contribution in [1.29, 1.82) is 0 Å². The van der Waals surface area contributed by atoms with Crippen LogP contribution in [0.15, 0.2) is 5.11 Å². The average molecular weight is 441 g/mol. The summed E-state index contributed by atoms with van der Waals surface area (Å²) in [4.78, 5) is 15.4. The van der Waals surface area contributed by atoms with E-state index in [1.54, 1.807) is 0 Å². The third-order valence-corrected chi connectivity index (χ3v) is 11.4. The van der Waals surface area contributed by atoms with Gasteiger partial charge in [0.25, 0.3) is 0 Å². The first-order chi connectivity index (χ1) is 15.3. The van der Waals surface area contributed by atoms with E-state index < -0.39 is 0 Å². The normalized spacial score (nSPS) is 46.2. The zero-order valence-corrected chi connectivity index (χ0v) is 20.6. The van der Waals surface area contributed by atoms with E-state index in [1.165, 1.54) is 57.8 Å². The maximum atomic E-state index is 12.3. The molecule has 0 radical (unpaired) electrons. The minimum Gasteiger partial charge on any atom is -0.353 e. The first-order valence-corrected chi connectivity index (χ1v) is 13.7. The predicted octanol–water partition coefficient (Wildman–Crippen LogP) is 7.02. The molecule has 5 aliphatic carbocycles. The lowest BCUT2D eigenvalue weighted by atomic mass is 9.44.